The Kier molecular flexibility index (Phi) is 6.76. The Morgan fingerprint density at radius 1 is 1.32 bits per heavy atom. The highest BCUT2D eigenvalue weighted by Crippen LogP contribution is 2.37. The van der Waals surface area contributed by atoms with Crippen molar-refractivity contribution in [2.75, 3.05) is 6.61 Å². The van der Waals surface area contributed by atoms with Gasteiger partial charge in [0.2, 0.25) is 0 Å². The summed E-state index contributed by atoms with van der Waals surface area (Å²) in [7, 11) is 0. The molecule has 0 fully saturated rings. The van der Waals surface area contributed by atoms with E-state index in [1.54, 1.807) is 24.3 Å². The maximum Gasteiger partial charge on any atom is 0.332 e. The third-order valence-electron chi connectivity index (χ3n) is 3.02. The molecule has 132 valence electrons. The quantitative estimate of drug-likeness (QED) is 0.541. The van der Waals surface area contributed by atoms with Gasteiger partial charge in [-0.2, -0.15) is 5.10 Å². The summed E-state index contributed by atoms with van der Waals surface area (Å²) < 4.78 is 25.0. The lowest BCUT2D eigenvalue weighted by atomic mass is 10.2. The van der Waals surface area contributed by atoms with E-state index in [1.807, 2.05) is 6.92 Å². The van der Waals surface area contributed by atoms with E-state index in [0.717, 1.165) is 5.56 Å². The zero-order valence-electron chi connectivity index (χ0n) is 13.5. The Labute approximate surface area is 152 Å². The Hall–Kier alpha value is -2.61. The highest BCUT2D eigenvalue weighted by Gasteiger charge is 2.12. The van der Waals surface area contributed by atoms with Gasteiger partial charge in [-0.15, -0.1) is 0 Å². The fraction of sp³-hybridized carbons (Fsp3) is 0.176. The molecule has 0 aliphatic heterocycles. The van der Waals surface area contributed by atoms with Gasteiger partial charge in [-0.25, -0.2) is 14.6 Å². The first-order chi connectivity index (χ1) is 12.0. The Morgan fingerprint density at radius 3 is 2.68 bits per heavy atom. The molecular weight excluding hydrogens is 393 g/mol. The molecule has 0 heterocycles. The van der Waals surface area contributed by atoms with Gasteiger partial charge in [-0.3, -0.25) is 0 Å². The average Bonchev–Trinajstić information content (AvgIpc) is 2.55. The van der Waals surface area contributed by atoms with Gasteiger partial charge in [0.05, 0.1) is 17.3 Å². The number of carbonyl (C=O) groups excluding carboxylic acids is 1. The number of nitrogens with one attached hydrogen (secondary N) is 1. The largest absolute Gasteiger partial charge is 0.490 e. The molecule has 0 aliphatic rings. The molecule has 2 aromatic carbocycles. The van der Waals surface area contributed by atoms with E-state index in [-0.39, 0.29) is 12.4 Å². The van der Waals surface area contributed by atoms with Gasteiger partial charge in [0.1, 0.15) is 12.4 Å². The number of halogens is 2. The maximum atomic E-state index is 13.0. The van der Waals surface area contributed by atoms with Crippen LogP contribution in [0.3, 0.4) is 0 Å². The minimum atomic E-state index is -0.750. The summed E-state index contributed by atoms with van der Waals surface area (Å²) in [5.41, 5.74) is 8.58. The van der Waals surface area contributed by atoms with E-state index < -0.39 is 6.03 Å². The lowest BCUT2D eigenvalue weighted by molar-refractivity contribution is 0.249. The number of urea groups is 1. The smallest absolute Gasteiger partial charge is 0.332 e. The summed E-state index contributed by atoms with van der Waals surface area (Å²) >= 11 is 3.44. The number of primary amides is 1. The van der Waals surface area contributed by atoms with Crippen molar-refractivity contribution in [2.24, 2.45) is 10.8 Å². The summed E-state index contributed by atoms with van der Waals surface area (Å²) in [5.74, 6) is 0.735. The van der Waals surface area contributed by atoms with Crippen LogP contribution in [0.1, 0.15) is 18.1 Å². The minimum absolute atomic E-state index is 0.260. The van der Waals surface area contributed by atoms with E-state index in [1.165, 1.54) is 18.3 Å². The number of nitrogens with two attached hydrogens (primary N) is 1. The van der Waals surface area contributed by atoms with E-state index >= 15 is 0 Å². The van der Waals surface area contributed by atoms with Crippen LogP contribution in [0.25, 0.3) is 0 Å². The highest BCUT2D eigenvalue weighted by molar-refractivity contribution is 9.10. The lowest BCUT2D eigenvalue weighted by Crippen LogP contribution is -2.24. The molecule has 0 saturated heterocycles. The molecule has 8 heteroatoms. The molecular formula is C17H17BrFN3O3. The van der Waals surface area contributed by atoms with Crippen LogP contribution in [0.4, 0.5) is 9.18 Å². The minimum Gasteiger partial charge on any atom is -0.490 e. The number of hydrogen-bond donors (Lipinski definition) is 2. The van der Waals surface area contributed by atoms with Crippen molar-refractivity contribution in [3.8, 4) is 11.5 Å². The van der Waals surface area contributed by atoms with E-state index in [2.05, 4.69) is 26.5 Å². The zero-order valence-corrected chi connectivity index (χ0v) is 15.0. The number of benzene rings is 2. The zero-order chi connectivity index (χ0) is 18.2. The molecule has 0 spiro atoms. The van der Waals surface area contributed by atoms with Crippen molar-refractivity contribution in [1.29, 1.82) is 0 Å². The van der Waals surface area contributed by atoms with Crippen LogP contribution in [0.5, 0.6) is 11.5 Å². The van der Waals surface area contributed by atoms with Crippen LogP contribution < -0.4 is 20.6 Å². The molecule has 2 amide bonds. The number of hydrogen-bond acceptors (Lipinski definition) is 4. The third kappa shape index (κ3) is 5.75. The first kappa shape index (κ1) is 18.7. The summed E-state index contributed by atoms with van der Waals surface area (Å²) in [4.78, 5) is 10.6. The lowest BCUT2D eigenvalue weighted by Gasteiger charge is -2.14. The van der Waals surface area contributed by atoms with Gasteiger partial charge in [0, 0.05) is 0 Å². The molecule has 0 saturated carbocycles. The van der Waals surface area contributed by atoms with Gasteiger partial charge in [0.25, 0.3) is 0 Å². The van der Waals surface area contributed by atoms with Crippen molar-refractivity contribution < 1.29 is 18.7 Å². The normalized spacial score (nSPS) is 10.7. The molecule has 0 unspecified atom stereocenters. The predicted molar refractivity (Wildman–Crippen MR) is 96.4 cm³/mol. The standard InChI is InChI=1S/C17H17BrFN3O3/c1-2-24-15-8-12(9-21-22-17(20)23)7-14(18)16(15)25-10-11-3-5-13(19)6-4-11/h3-9H,2,10H2,1H3,(H3,20,22,23)/b21-9-. The van der Waals surface area contributed by atoms with Gasteiger partial charge < -0.3 is 15.2 Å². The second-order valence-electron chi connectivity index (χ2n) is 4.91. The maximum absolute atomic E-state index is 13.0. The molecule has 2 aromatic rings. The summed E-state index contributed by atoms with van der Waals surface area (Å²) in [6, 6.07) is 8.79. The van der Waals surface area contributed by atoms with E-state index in [4.69, 9.17) is 15.2 Å². The van der Waals surface area contributed by atoms with Gasteiger partial charge in [-0.1, -0.05) is 12.1 Å². The molecule has 0 bridgehead atoms. The van der Waals surface area contributed by atoms with E-state index in [9.17, 15) is 9.18 Å². The third-order valence-corrected chi connectivity index (χ3v) is 3.61. The second-order valence-corrected chi connectivity index (χ2v) is 5.77. The Morgan fingerprint density at radius 2 is 2.04 bits per heavy atom. The van der Waals surface area contributed by atoms with Crippen molar-refractivity contribution in [1.82, 2.24) is 5.43 Å². The summed E-state index contributed by atoms with van der Waals surface area (Å²) in [6.45, 7) is 2.56. The number of amides is 2. The molecule has 3 N–H and O–H groups in total. The molecule has 0 atom stereocenters. The SMILES string of the molecule is CCOc1cc(/C=N\NC(N)=O)cc(Br)c1OCc1ccc(F)cc1. The first-order valence-corrected chi connectivity index (χ1v) is 8.21. The van der Waals surface area contributed by atoms with Crippen LogP contribution in [-0.4, -0.2) is 18.9 Å². The van der Waals surface area contributed by atoms with Crippen molar-refractivity contribution >= 4 is 28.2 Å². The fourth-order valence-electron chi connectivity index (χ4n) is 1.97. The van der Waals surface area contributed by atoms with Crippen LogP contribution in [-0.2, 0) is 6.61 Å². The van der Waals surface area contributed by atoms with Gasteiger partial charge in [-0.05, 0) is 58.2 Å². The Bertz CT molecular complexity index is 766. The van der Waals surface area contributed by atoms with Gasteiger partial charge >= 0.3 is 6.03 Å². The van der Waals surface area contributed by atoms with Crippen molar-refractivity contribution in [3.05, 3.63) is 57.8 Å². The molecule has 2 rings (SSSR count). The molecule has 6 nitrogen and oxygen atoms in total. The van der Waals surface area contributed by atoms with E-state index in [0.29, 0.717) is 28.1 Å². The summed E-state index contributed by atoms with van der Waals surface area (Å²) in [5, 5.41) is 3.71. The second kappa shape index (κ2) is 9.03. The number of nitrogens with zero attached hydrogens (tertiary/aromatic N) is 1. The molecule has 0 aromatic heterocycles. The average molecular weight is 410 g/mol. The van der Waals surface area contributed by atoms with Crippen LogP contribution in [0.2, 0.25) is 0 Å². The monoisotopic (exact) mass is 409 g/mol. The highest BCUT2D eigenvalue weighted by atomic mass is 79.9. The number of ether oxygens (including phenoxy) is 2. The van der Waals surface area contributed by atoms with Gasteiger partial charge in [0.15, 0.2) is 11.5 Å². The predicted octanol–water partition coefficient (Wildman–Crippen LogP) is 3.57. The molecule has 25 heavy (non-hydrogen) atoms. The summed E-state index contributed by atoms with van der Waals surface area (Å²) in [6.07, 6.45) is 1.43. The number of carbonyl (C=O) groups is 1. The number of hydrazone groups is 1. The molecule has 0 radical (unpaired) electrons. The van der Waals surface area contributed by atoms with Crippen molar-refractivity contribution in [3.63, 3.8) is 0 Å². The number of rotatable bonds is 7. The van der Waals surface area contributed by atoms with Crippen LogP contribution in [0.15, 0.2) is 46.0 Å². The first-order valence-electron chi connectivity index (χ1n) is 7.41. The van der Waals surface area contributed by atoms with Crippen LogP contribution in [0, 0.1) is 5.82 Å². The van der Waals surface area contributed by atoms with Crippen LogP contribution >= 0.6 is 15.9 Å². The molecule has 0 aliphatic carbocycles. The Balaban J connectivity index is 2.19. The topological polar surface area (TPSA) is 85.9 Å². The van der Waals surface area contributed by atoms with Crippen molar-refractivity contribution in [2.45, 2.75) is 13.5 Å². The fourth-order valence-corrected chi connectivity index (χ4v) is 2.55.